The third-order valence-corrected chi connectivity index (χ3v) is 4.20. The van der Waals surface area contributed by atoms with E-state index in [1.54, 1.807) is 13.0 Å². The average molecular weight is 420 g/mol. The van der Waals surface area contributed by atoms with E-state index in [-0.39, 0.29) is 28.3 Å². The predicted molar refractivity (Wildman–Crippen MR) is 111 cm³/mol. The number of benzene rings is 1. The van der Waals surface area contributed by atoms with Crippen LogP contribution >= 0.6 is 11.6 Å². The summed E-state index contributed by atoms with van der Waals surface area (Å²) < 4.78 is 14.4. The van der Waals surface area contributed by atoms with E-state index in [2.05, 4.69) is 15.7 Å². The molecule has 7 nitrogen and oxygen atoms in total. The van der Waals surface area contributed by atoms with Gasteiger partial charge in [-0.25, -0.2) is 4.39 Å². The summed E-state index contributed by atoms with van der Waals surface area (Å²) >= 11 is 5.72. The summed E-state index contributed by atoms with van der Waals surface area (Å²) in [4.78, 5) is 24.9. The van der Waals surface area contributed by atoms with Crippen LogP contribution in [-0.4, -0.2) is 27.6 Å². The first-order valence-electron chi connectivity index (χ1n) is 9.06. The van der Waals surface area contributed by atoms with Crippen LogP contribution in [0.4, 0.5) is 10.2 Å². The van der Waals surface area contributed by atoms with E-state index in [1.807, 2.05) is 26.8 Å². The van der Waals surface area contributed by atoms with Gasteiger partial charge < -0.3 is 5.32 Å². The van der Waals surface area contributed by atoms with Crippen LogP contribution in [0.3, 0.4) is 0 Å². The summed E-state index contributed by atoms with van der Waals surface area (Å²) in [5.41, 5.74) is 1.23. The van der Waals surface area contributed by atoms with Gasteiger partial charge in [-0.2, -0.15) is 9.78 Å². The fourth-order valence-corrected chi connectivity index (χ4v) is 2.76. The summed E-state index contributed by atoms with van der Waals surface area (Å²) in [6.45, 7) is 7.46. The number of halogens is 2. The lowest BCUT2D eigenvalue weighted by molar-refractivity contribution is -0.116. The van der Waals surface area contributed by atoms with Gasteiger partial charge >= 0.3 is 0 Å². The summed E-state index contributed by atoms with van der Waals surface area (Å²) in [5.74, 6) is -1.52. The first-order valence-corrected chi connectivity index (χ1v) is 9.44. The van der Waals surface area contributed by atoms with Crippen molar-refractivity contribution in [2.75, 3.05) is 5.32 Å². The zero-order chi connectivity index (χ0) is 21.7. The first-order chi connectivity index (χ1) is 13.6. The minimum atomic E-state index is -0.630. The molecule has 1 heterocycles. The first kappa shape index (κ1) is 22.3. The molecule has 1 aromatic carbocycles. The maximum atomic E-state index is 13.3. The molecule has 2 rings (SSSR count). The van der Waals surface area contributed by atoms with Crippen molar-refractivity contribution in [3.8, 4) is 0 Å². The van der Waals surface area contributed by atoms with Crippen LogP contribution in [0.25, 0.3) is 0 Å². The molecular weight excluding hydrogens is 397 g/mol. The second-order valence-corrected chi connectivity index (χ2v) is 7.17. The molecule has 9 heteroatoms. The second-order valence-electron chi connectivity index (χ2n) is 6.76. The molecule has 3 N–H and O–H groups in total. The lowest BCUT2D eigenvalue weighted by Crippen LogP contribution is -2.37. The number of amides is 2. The molecule has 0 fully saturated rings. The smallest absolute Gasteiger partial charge is 0.256 e. The zero-order valence-electron chi connectivity index (χ0n) is 16.6. The lowest BCUT2D eigenvalue weighted by Gasteiger charge is -2.12. The summed E-state index contributed by atoms with van der Waals surface area (Å²) in [7, 11) is 0. The zero-order valence-corrected chi connectivity index (χ0v) is 17.4. The third-order valence-electron chi connectivity index (χ3n) is 3.91. The van der Waals surface area contributed by atoms with Gasteiger partial charge in [0.2, 0.25) is 5.96 Å². The van der Waals surface area contributed by atoms with Gasteiger partial charge in [-0.1, -0.05) is 38.4 Å². The molecular formula is C20H23ClFN5O2. The number of aromatic nitrogens is 2. The van der Waals surface area contributed by atoms with Crippen molar-refractivity contribution in [2.45, 2.75) is 34.1 Å². The highest BCUT2D eigenvalue weighted by molar-refractivity contribution is 6.31. The molecule has 0 saturated carbocycles. The molecule has 0 atom stereocenters. The molecule has 0 bridgehead atoms. The van der Waals surface area contributed by atoms with Gasteiger partial charge in [-0.3, -0.25) is 20.3 Å². The van der Waals surface area contributed by atoms with Crippen molar-refractivity contribution in [3.05, 3.63) is 58.0 Å². The van der Waals surface area contributed by atoms with Crippen LogP contribution in [0.2, 0.25) is 5.02 Å². The fourth-order valence-electron chi connectivity index (χ4n) is 2.58. The SMILES string of the molecule is CC/C(=C\C(C)C)C(=O)NC(=N)n1nc(C)cc1NC(=O)c1ccc(F)c(Cl)c1. The molecule has 0 aliphatic carbocycles. The molecule has 0 radical (unpaired) electrons. The fraction of sp³-hybridized carbons (Fsp3) is 0.300. The number of hydrogen-bond donors (Lipinski definition) is 3. The van der Waals surface area contributed by atoms with Crippen LogP contribution in [0.15, 0.2) is 35.9 Å². The number of anilines is 1. The van der Waals surface area contributed by atoms with E-state index in [4.69, 9.17) is 17.0 Å². The van der Waals surface area contributed by atoms with E-state index in [0.29, 0.717) is 17.7 Å². The van der Waals surface area contributed by atoms with Crippen LogP contribution in [0.5, 0.6) is 0 Å². The Bertz CT molecular complexity index is 981. The Balaban J connectivity index is 2.21. The van der Waals surface area contributed by atoms with Crippen LogP contribution in [-0.2, 0) is 4.79 Å². The van der Waals surface area contributed by atoms with Gasteiger partial charge in [0, 0.05) is 17.2 Å². The van der Waals surface area contributed by atoms with Gasteiger partial charge in [0.15, 0.2) is 0 Å². The number of carbonyl (C=O) groups is 2. The molecule has 0 aliphatic heterocycles. The van der Waals surface area contributed by atoms with Crippen LogP contribution < -0.4 is 10.6 Å². The van der Waals surface area contributed by atoms with E-state index in [1.165, 1.54) is 12.1 Å². The average Bonchev–Trinajstić information content (AvgIpc) is 3.01. The summed E-state index contributed by atoms with van der Waals surface area (Å²) in [6.07, 6.45) is 2.35. The molecule has 154 valence electrons. The number of rotatable bonds is 5. The van der Waals surface area contributed by atoms with Crippen LogP contribution in [0.1, 0.15) is 43.2 Å². The highest BCUT2D eigenvalue weighted by Crippen LogP contribution is 2.18. The summed E-state index contributed by atoms with van der Waals surface area (Å²) in [6, 6.07) is 5.14. The van der Waals surface area contributed by atoms with E-state index in [0.717, 1.165) is 10.7 Å². The quantitative estimate of drug-likeness (QED) is 0.386. The Labute approximate surface area is 173 Å². The van der Waals surface area contributed by atoms with Crippen molar-refractivity contribution in [1.82, 2.24) is 15.1 Å². The highest BCUT2D eigenvalue weighted by atomic mass is 35.5. The van der Waals surface area contributed by atoms with Gasteiger partial charge in [0.25, 0.3) is 11.8 Å². The van der Waals surface area contributed by atoms with Crippen molar-refractivity contribution in [1.29, 1.82) is 5.41 Å². The van der Waals surface area contributed by atoms with Crippen molar-refractivity contribution >= 4 is 35.2 Å². The van der Waals surface area contributed by atoms with Gasteiger partial charge in [0.1, 0.15) is 11.6 Å². The largest absolute Gasteiger partial charge is 0.306 e. The van der Waals surface area contributed by atoms with E-state index < -0.39 is 17.6 Å². The standard InChI is InChI=1S/C20H23ClFN5O2/c1-5-13(8-11(2)3)18(28)25-20(23)27-17(9-12(4)26-27)24-19(29)14-6-7-16(22)15(21)10-14/h6-11H,5H2,1-4H3,(H,24,29)(H2,23,25,28)/b13-8+. The predicted octanol–water partition coefficient (Wildman–Crippen LogP) is 4.13. The normalized spacial score (nSPS) is 11.5. The van der Waals surface area contributed by atoms with E-state index in [9.17, 15) is 14.0 Å². The molecule has 29 heavy (non-hydrogen) atoms. The number of allylic oxidation sites excluding steroid dienone is 1. The maximum absolute atomic E-state index is 13.3. The highest BCUT2D eigenvalue weighted by Gasteiger charge is 2.17. The maximum Gasteiger partial charge on any atom is 0.256 e. The number of nitrogens with one attached hydrogen (secondary N) is 3. The molecule has 2 amide bonds. The van der Waals surface area contributed by atoms with Crippen molar-refractivity contribution in [2.24, 2.45) is 5.92 Å². The monoisotopic (exact) mass is 419 g/mol. The molecule has 0 spiro atoms. The van der Waals surface area contributed by atoms with Crippen molar-refractivity contribution in [3.63, 3.8) is 0 Å². The van der Waals surface area contributed by atoms with Crippen LogP contribution in [0, 0.1) is 24.1 Å². The number of aryl methyl sites for hydroxylation is 1. The molecule has 1 aromatic heterocycles. The minimum absolute atomic E-state index is 0.144. The third kappa shape index (κ3) is 5.74. The molecule has 0 aliphatic rings. The number of carbonyl (C=O) groups excluding carboxylic acids is 2. The Hall–Kier alpha value is -3.00. The number of nitrogens with zero attached hydrogens (tertiary/aromatic N) is 2. The molecule has 0 unspecified atom stereocenters. The van der Waals surface area contributed by atoms with Gasteiger partial charge in [-0.15, -0.1) is 0 Å². The number of hydrogen-bond acceptors (Lipinski definition) is 4. The summed E-state index contributed by atoms with van der Waals surface area (Å²) in [5, 5.41) is 17.3. The molecule has 0 saturated heterocycles. The van der Waals surface area contributed by atoms with E-state index >= 15 is 0 Å². The lowest BCUT2D eigenvalue weighted by atomic mass is 10.1. The Morgan fingerprint density at radius 1 is 1.34 bits per heavy atom. The Morgan fingerprint density at radius 3 is 2.62 bits per heavy atom. The Kier molecular flexibility index (Phi) is 7.28. The van der Waals surface area contributed by atoms with Gasteiger partial charge in [0.05, 0.1) is 10.7 Å². The Morgan fingerprint density at radius 2 is 2.03 bits per heavy atom. The van der Waals surface area contributed by atoms with Crippen molar-refractivity contribution < 1.29 is 14.0 Å². The minimum Gasteiger partial charge on any atom is -0.306 e. The topological polar surface area (TPSA) is 99.9 Å². The molecule has 2 aromatic rings. The second kappa shape index (κ2) is 9.47. The van der Waals surface area contributed by atoms with Gasteiger partial charge in [-0.05, 0) is 37.5 Å².